The lowest BCUT2D eigenvalue weighted by Gasteiger charge is -2.23. The van der Waals surface area contributed by atoms with Crippen molar-refractivity contribution >= 4 is 34.0 Å². The normalized spacial score (nSPS) is 13.3. The van der Waals surface area contributed by atoms with Crippen LogP contribution < -0.4 is 5.32 Å². The van der Waals surface area contributed by atoms with Crippen LogP contribution in [0, 0.1) is 12.7 Å². The largest absolute Gasteiger partial charge is 0.507 e. The van der Waals surface area contributed by atoms with E-state index in [1.165, 1.54) is 6.92 Å². The molecule has 10 heteroatoms. The maximum absolute atomic E-state index is 14.3. The SMILES string of the molecule is Cc1c(F)cc(C(C)(C)C)c(O)c1C(=O)Nc1ccc(S(=O)C(F)(F)F)cc1Cl. The summed E-state index contributed by atoms with van der Waals surface area (Å²) in [5, 5.41) is 12.6. The average molecular weight is 452 g/mol. The topological polar surface area (TPSA) is 66.4 Å². The van der Waals surface area contributed by atoms with Crippen LogP contribution in [0.2, 0.25) is 5.02 Å². The molecule has 0 aliphatic carbocycles. The fourth-order valence-corrected chi connectivity index (χ4v) is 3.59. The third-order valence-electron chi connectivity index (χ3n) is 4.14. The van der Waals surface area contributed by atoms with Gasteiger partial charge in [-0.15, -0.1) is 0 Å². The number of hydrogen-bond acceptors (Lipinski definition) is 3. The molecule has 0 bridgehead atoms. The molecule has 2 rings (SSSR count). The number of hydrogen-bond donors (Lipinski definition) is 2. The van der Waals surface area contributed by atoms with Crippen LogP contribution in [0.4, 0.5) is 23.2 Å². The van der Waals surface area contributed by atoms with E-state index in [1.54, 1.807) is 20.8 Å². The Morgan fingerprint density at radius 2 is 1.76 bits per heavy atom. The van der Waals surface area contributed by atoms with Crippen LogP contribution in [0.3, 0.4) is 0 Å². The number of aromatic hydroxyl groups is 1. The highest BCUT2D eigenvalue weighted by molar-refractivity contribution is 7.86. The van der Waals surface area contributed by atoms with E-state index in [1.807, 2.05) is 0 Å². The second kappa shape index (κ2) is 7.95. The number of rotatable bonds is 3. The van der Waals surface area contributed by atoms with Crippen molar-refractivity contribution in [2.24, 2.45) is 0 Å². The molecule has 2 N–H and O–H groups in total. The van der Waals surface area contributed by atoms with Gasteiger partial charge in [-0.2, -0.15) is 13.2 Å². The van der Waals surface area contributed by atoms with Gasteiger partial charge < -0.3 is 10.4 Å². The summed E-state index contributed by atoms with van der Waals surface area (Å²) < 4.78 is 63.5. The summed E-state index contributed by atoms with van der Waals surface area (Å²) in [4.78, 5) is 12.1. The van der Waals surface area contributed by atoms with Crippen LogP contribution in [0.25, 0.3) is 0 Å². The lowest BCUT2D eigenvalue weighted by molar-refractivity contribution is -0.0384. The van der Waals surface area contributed by atoms with Crippen molar-refractivity contribution < 1.29 is 31.7 Å². The summed E-state index contributed by atoms with van der Waals surface area (Å²) >= 11 is 5.92. The first-order chi connectivity index (χ1) is 13.1. The van der Waals surface area contributed by atoms with Crippen molar-refractivity contribution in [2.45, 2.75) is 43.5 Å². The van der Waals surface area contributed by atoms with Gasteiger partial charge in [0.2, 0.25) is 0 Å². The summed E-state index contributed by atoms with van der Waals surface area (Å²) in [6.45, 7) is 6.51. The number of phenols is 1. The molecule has 2 aromatic carbocycles. The van der Waals surface area contributed by atoms with Crippen molar-refractivity contribution in [3.63, 3.8) is 0 Å². The first-order valence-electron chi connectivity index (χ1n) is 8.26. The Balaban J connectivity index is 2.44. The van der Waals surface area contributed by atoms with Crippen molar-refractivity contribution in [2.75, 3.05) is 5.32 Å². The van der Waals surface area contributed by atoms with E-state index in [0.717, 1.165) is 24.3 Å². The van der Waals surface area contributed by atoms with E-state index in [9.17, 15) is 31.7 Å². The maximum Gasteiger partial charge on any atom is 0.475 e. The molecule has 29 heavy (non-hydrogen) atoms. The van der Waals surface area contributed by atoms with Gasteiger partial charge in [0.05, 0.1) is 16.3 Å². The summed E-state index contributed by atoms with van der Waals surface area (Å²) in [6.07, 6.45) is 0. The Bertz CT molecular complexity index is 1000. The molecule has 158 valence electrons. The number of anilines is 1. The predicted octanol–water partition coefficient (Wildman–Crippen LogP) is 5.67. The van der Waals surface area contributed by atoms with E-state index in [0.29, 0.717) is 0 Å². The number of amides is 1. The third kappa shape index (κ3) is 4.90. The van der Waals surface area contributed by atoms with Gasteiger partial charge in [0.15, 0.2) is 10.8 Å². The number of nitrogens with one attached hydrogen (secondary N) is 1. The van der Waals surface area contributed by atoms with Gasteiger partial charge in [-0.25, -0.2) is 8.60 Å². The fourth-order valence-electron chi connectivity index (χ4n) is 2.62. The molecule has 1 atom stereocenters. The number of benzene rings is 2. The number of alkyl halides is 3. The van der Waals surface area contributed by atoms with Crippen molar-refractivity contribution in [3.05, 3.63) is 51.8 Å². The van der Waals surface area contributed by atoms with Crippen molar-refractivity contribution in [1.29, 1.82) is 0 Å². The molecular formula is C19H18ClF4NO3S. The summed E-state index contributed by atoms with van der Waals surface area (Å²) in [5.74, 6) is -1.99. The summed E-state index contributed by atoms with van der Waals surface area (Å²) in [7, 11) is -3.28. The number of carbonyl (C=O) groups is 1. The van der Waals surface area contributed by atoms with Gasteiger partial charge in [-0.05, 0) is 36.6 Å². The lowest BCUT2D eigenvalue weighted by Crippen LogP contribution is -2.19. The molecule has 0 aliphatic heterocycles. The molecule has 0 fully saturated rings. The molecule has 2 aromatic rings. The minimum absolute atomic E-state index is 0.0834. The number of halogens is 5. The minimum atomic E-state index is -4.96. The third-order valence-corrected chi connectivity index (χ3v) is 5.56. The zero-order valence-electron chi connectivity index (χ0n) is 15.9. The highest BCUT2D eigenvalue weighted by atomic mass is 35.5. The first-order valence-corrected chi connectivity index (χ1v) is 9.79. The quantitative estimate of drug-likeness (QED) is 0.591. The van der Waals surface area contributed by atoms with E-state index < -0.39 is 44.1 Å². The fraction of sp³-hybridized carbons (Fsp3) is 0.316. The Hall–Kier alpha value is -2.13. The molecule has 0 saturated carbocycles. The molecule has 0 spiro atoms. The molecule has 0 saturated heterocycles. The van der Waals surface area contributed by atoms with Gasteiger partial charge in [-0.3, -0.25) is 4.79 Å². The predicted molar refractivity (Wildman–Crippen MR) is 103 cm³/mol. The Morgan fingerprint density at radius 1 is 1.17 bits per heavy atom. The van der Waals surface area contributed by atoms with Gasteiger partial charge in [0, 0.05) is 16.0 Å². The maximum atomic E-state index is 14.3. The number of phenolic OH excluding ortho intramolecular Hbond substituents is 1. The zero-order chi connectivity index (χ0) is 22.3. The van der Waals surface area contributed by atoms with E-state index in [-0.39, 0.29) is 27.4 Å². The van der Waals surface area contributed by atoms with Crippen molar-refractivity contribution in [3.8, 4) is 5.75 Å². The standard InChI is InChI=1S/C19H18ClF4NO3S/c1-9-13(21)8-11(18(2,3)4)16(26)15(9)17(27)25-14-6-5-10(7-12(14)20)29(28)19(22,23)24/h5-8,26H,1-4H3,(H,25,27). The van der Waals surface area contributed by atoms with Crippen LogP contribution in [0.5, 0.6) is 5.75 Å². The molecule has 1 amide bonds. The first kappa shape index (κ1) is 23.2. The lowest BCUT2D eigenvalue weighted by atomic mass is 9.84. The molecule has 1 unspecified atom stereocenters. The molecule has 0 heterocycles. The Labute approximate surface area is 172 Å². The van der Waals surface area contributed by atoms with Crippen LogP contribution >= 0.6 is 11.6 Å². The minimum Gasteiger partial charge on any atom is -0.507 e. The zero-order valence-corrected chi connectivity index (χ0v) is 17.4. The van der Waals surface area contributed by atoms with Crippen LogP contribution in [0.15, 0.2) is 29.2 Å². The van der Waals surface area contributed by atoms with Gasteiger partial charge in [-0.1, -0.05) is 32.4 Å². The molecule has 4 nitrogen and oxygen atoms in total. The smallest absolute Gasteiger partial charge is 0.475 e. The summed E-state index contributed by atoms with van der Waals surface area (Å²) in [5.41, 5.74) is -5.89. The van der Waals surface area contributed by atoms with Crippen molar-refractivity contribution in [1.82, 2.24) is 0 Å². The van der Waals surface area contributed by atoms with Crippen LogP contribution in [0.1, 0.15) is 42.3 Å². The highest BCUT2D eigenvalue weighted by Gasteiger charge is 2.38. The van der Waals surface area contributed by atoms with Crippen LogP contribution in [-0.2, 0) is 16.2 Å². The van der Waals surface area contributed by atoms with E-state index in [4.69, 9.17) is 11.6 Å². The Kier molecular flexibility index (Phi) is 6.34. The monoisotopic (exact) mass is 451 g/mol. The van der Waals surface area contributed by atoms with Crippen LogP contribution in [-0.4, -0.2) is 20.7 Å². The second-order valence-electron chi connectivity index (χ2n) is 7.31. The van der Waals surface area contributed by atoms with Gasteiger partial charge >= 0.3 is 5.51 Å². The van der Waals surface area contributed by atoms with Gasteiger partial charge in [0.25, 0.3) is 5.91 Å². The summed E-state index contributed by atoms with van der Waals surface area (Å²) in [6, 6.07) is 3.93. The highest BCUT2D eigenvalue weighted by Crippen LogP contribution is 2.37. The molecule has 0 aromatic heterocycles. The molecule has 0 radical (unpaired) electrons. The molecule has 0 aliphatic rings. The van der Waals surface area contributed by atoms with Gasteiger partial charge in [0.1, 0.15) is 11.6 Å². The molecular weight excluding hydrogens is 434 g/mol. The van der Waals surface area contributed by atoms with E-state index in [2.05, 4.69) is 5.32 Å². The second-order valence-corrected chi connectivity index (χ2v) is 9.19. The average Bonchev–Trinajstić information content (AvgIpc) is 2.57. The van der Waals surface area contributed by atoms with E-state index >= 15 is 0 Å². The number of carbonyl (C=O) groups excluding carboxylic acids is 1. The Morgan fingerprint density at radius 3 is 2.24 bits per heavy atom.